The number of benzene rings is 1. The lowest BCUT2D eigenvalue weighted by Crippen LogP contribution is -2.27. The molecule has 0 bridgehead atoms. The summed E-state index contributed by atoms with van der Waals surface area (Å²) < 4.78 is 16.4. The van der Waals surface area contributed by atoms with E-state index in [0.717, 1.165) is 22.2 Å². The number of ether oxygens (including phenoxy) is 3. The second-order valence-electron chi connectivity index (χ2n) is 8.45. The summed E-state index contributed by atoms with van der Waals surface area (Å²) >= 11 is 0. The van der Waals surface area contributed by atoms with Crippen molar-refractivity contribution in [2.75, 3.05) is 42.7 Å². The Morgan fingerprint density at radius 1 is 1.29 bits per heavy atom. The number of nitriles is 1. The first kappa shape index (κ1) is 21.7. The van der Waals surface area contributed by atoms with E-state index in [9.17, 15) is 10.1 Å². The van der Waals surface area contributed by atoms with Gasteiger partial charge in [-0.05, 0) is 30.0 Å². The number of aromatic nitrogens is 2. The summed E-state index contributed by atoms with van der Waals surface area (Å²) in [5.41, 5.74) is 10.2. The minimum atomic E-state index is -0.600. The van der Waals surface area contributed by atoms with Gasteiger partial charge in [-0.25, -0.2) is 14.8 Å². The Morgan fingerprint density at radius 3 is 2.91 bits per heavy atom. The second-order valence-corrected chi connectivity index (χ2v) is 8.45. The van der Waals surface area contributed by atoms with Gasteiger partial charge in [0.15, 0.2) is 0 Å². The third kappa shape index (κ3) is 3.80. The predicted molar refractivity (Wildman–Crippen MR) is 127 cm³/mol. The molecule has 1 saturated heterocycles. The van der Waals surface area contributed by atoms with Crippen LogP contribution in [0.1, 0.15) is 18.1 Å². The number of carbonyl (C=O) groups is 1. The zero-order valence-corrected chi connectivity index (χ0v) is 18.8. The first-order valence-corrected chi connectivity index (χ1v) is 11.0. The summed E-state index contributed by atoms with van der Waals surface area (Å²) in [5, 5.41) is 17.2. The van der Waals surface area contributed by atoms with Gasteiger partial charge in [-0.15, -0.1) is 0 Å². The van der Waals surface area contributed by atoms with Crippen molar-refractivity contribution in [1.82, 2.24) is 9.97 Å². The van der Waals surface area contributed by atoms with Gasteiger partial charge in [0, 0.05) is 41.4 Å². The maximum atomic E-state index is 12.4. The molecule has 3 aromatic rings. The van der Waals surface area contributed by atoms with E-state index in [-0.39, 0.29) is 12.0 Å². The molecule has 4 heterocycles. The van der Waals surface area contributed by atoms with Gasteiger partial charge in [0.2, 0.25) is 5.88 Å². The highest BCUT2D eigenvalue weighted by Gasteiger charge is 2.28. The van der Waals surface area contributed by atoms with Gasteiger partial charge in [-0.2, -0.15) is 5.26 Å². The fourth-order valence-corrected chi connectivity index (χ4v) is 4.28. The van der Waals surface area contributed by atoms with Crippen molar-refractivity contribution in [2.24, 2.45) is 5.92 Å². The van der Waals surface area contributed by atoms with Gasteiger partial charge in [-0.1, -0.05) is 6.92 Å². The summed E-state index contributed by atoms with van der Waals surface area (Å²) in [6.07, 6.45) is 2.33. The Bertz CT molecular complexity index is 1340. The van der Waals surface area contributed by atoms with E-state index in [1.807, 2.05) is 19.9 Å². The number of rotatable bonds is 3. The maximum Gasteiger partial charge on any atom is 0.413 e. The molecule has 34 heavy (non-hydrogen) atoms. The van der Waals surface area contributed by atoms with Crippen LogP contribution in [0, 0.1) is 24.2 Å². The van der Waals surface area contributed by atoms with Crippen LogP contribution in [0.15, 0.2) is 24.5 Å². The Labute approximate surface area is 196 Å². The molecule has 2 aliphatic heterocycles. The number of nitrogens with one attached hydrogen (secondary N) is 2. The zero-order valence-electron chi connectivity index (χ0n) is 18.8. The molecule has 2 aromatic heterocycles. The van der Waals surface area contributed by atoms with E-state index in [2.05, 4.69) is 26.7 Å². The van der Waals surface area contributed by atoms with E-state index in [1.54, 1.807) is 18.5 Å². The number of anilines is 3. The average molecular weight is 460 g/mol. The Balaban J connectivity index is 1.52. The summed E-state index contributed by atoms with van der Waals surface area (Å²) in [4.78, 5) is 21.1. The van der Waals surface area contributed by atoms with Gasteiger partial charge >= 0.3 is 6.09 Å². The van der Waals surface area contributed by atoms with E-state index < -0.39 is 6.09 Å². The fourth-order valence-electron chi connectivity index (χ4n) is 4.28. The Kier molecular flexibility index (Phi) is 5.55. The molecule has 174 valence electrons. The van der Waals surface area contributed by atoms with Crippen LogP contribution in [0.2, 0.25) is 0 Å². The maximum absolute atomic E-state index is 12.4. The van der Waals surface area contributed by atoms with Crippen LogP contribution in [-0.4, -0.2) is 48.5 Å². The zero-order chi connectivity index (χ0) is 23.8. The van der Waals surface area contributed by atoms with Crippen LogP contribution in [0.5, 0.6) is 5.88 Å². The molecule has 2 aliphatic rings. The molecule has 5 rings (SSSR count). The van der Waals surface area contributed by atoms with Gasteiger partial charge in [0.05, 0.1) is 24.5 Å². The molecular weight excluding hydrogens is 436 g/mol. The number of pyridine rings is 2. The number of amides is 1. The quantitative estimate of drug-likeness (QED) is 0.500. The van der Waals surface area contributed by atoms with Gasteiger partial charge in [-0.3, -0.25) is 5.32 Å². The lowest BCUT2D eigenvalue weighted by Gasteiger charge is -2.22. The third-order valence-electron chi connectivity index (χ3n) is 6.20. The van der Waals surface area contributed by atoms with Crippen LogP contribution >= 0.6 is 0 Å². The SMILES string of the molecule is Cc1c(-c2cc3cc(NC(=O)O[C@@H]4COC[C@@H]4C)ncc3c(N)c2C#N)cnc2c1NCCO2. The van der Waals surface area contributed by atoms with Crippen LogP contribution in [0.3, 0.4) is 0 Å². The van der Waals surface area contributed by atoms with E-state index in [4.69, 9.17) is 19.9 Å². The minimum Gasteiger partial charge on any atom is -0.474 e. The van der Waals surface area contributed by atoms with Crippen molar-refractivity contribution < 1.29 is 19.0 Å². The van der Waals surface area contributed by atoms with Crippen molar-refractivity contribution in [3.8, 4) is 23.1 Å². The number of nitrogens with two attached hydrogens (primary N) is 1. The lowest BCUT2D eigenvalue weighted by atomic mass is 9.93. The molecule has 10 heteroatoms. The molecule has 10 nitrogen and oxygen atoms in total. The average Bonchev–Trinajstić information content (AvgIpc) is 3.23. The number of carbonyl (C=O) groups excluding carboxylic acids is 1. The molecule has 0 saturated carbocycles. The van der Waals surface area contributed by atoms with Crippen molar-refractivity contribution >= 4 is 34.1 Å². The normalized spacial score (nSPS) is 19.0. The van der Waals surface area contributed by atoms with E-state index >= 15 is 0 Å². The van der Waals surface area contributed by atoms with Crippen LogP contribution in [0.4, 0.5) is 22.0 Å². The molecule has 1 amide bonds. The van der Waals surface area contributed by atoms with Crippen LogP contribution in [0.25, 0.3) is 21.9 Å². The monoisotopic (exact) mass is 460 g/mol. The highest BCUT2D eigenvalue weighted by Crippen LogP contribution is 2.40. The first-order chi connectivity index (χ1) is 16.5. The molecule has 1 aromatic carbocycles. The number of nitrogens with zero attached hydrogens (tertiary/aromatic N) is 3. The molecule has 2 atom stereocenters. The largest absolute Gasteiger partial charge is 0.474 e. The van der Waals surface area contributed by atoms with Gasteiger partial charge in [0.25, 0.3) is 0 Å². The summed E-state index contributed by atoms with van der Waals surface area (Å²) in [6, 6.07) is 5.78. The first-order valence-electron chi connectivity index (χ1n) is 11.0. The van der Waals surface area contributed by atoms with Gasteiger partial charge in [0.1, 0.15) is 30.3 Å². The van der Waals surface area contributed by atoms with Crippen LogP contribution in [-0.2, 0) is 9.47 Å². The number of hydrogen-bond donors (Lipinski definition) is 3. The summed E-state index contributed by atoms with van der Waals surface area (Å²) in [6.45, 7) is 6.08. The Hall–Kier alpha value is -4.10. The second kappa shape index (κ2) is 8.68. The fraction of sp³-hybridized carbons (Fsp3) is 0.333. The molecule has 0 radical (unpaired) electrons. The molecule has 1 fully saturated rings. The minimum absolute atomic E-state index is 0.135. The standard InChI is InChI=1S/C24H24N6O4/c1-12-10-32-11-19(12)34-24(31)30-20-6-14-5-15(16(7-25)21(26)18(14)9-28-20)17-8-29-23-22(13(17)2)27-3-4-33-23/h5-6,8-9,12,19,27H,3-4,10-11,26H2,1-2H3,(H,28,30,31)/t12-,19+/m0/s1. The van der Waals surface area contributed by atoms with Crippen molar-refractivity contribution in [3.63, 3.8) is 0 Å². The van der Waals surface area contributed by atoms with Crippen molar-refractivity contribution in [1.29, 1.82) is 5.26 Å². The number of fused-ring (bicyclic) bond motifs is 2. The molecule has 0 spiro atoms. The molecular formula is C24H24N6O4. The van der Waals surface area contributed by atoms with Gasteiger partial charge < -0.3 is 25.3 Å². The Morgan fingerprint density at radius 2 is 2.15 bits per heavy atom. The predicted octanol–water partition coefficient (Wildman–Crippen LogP) is 3.45. The lowest BCUT2D eigenvalue weighted by molar-refractivity contribution is 0.0843. The smallest absolute Gasteiger partial charge is 0.413 e. The topological polar surface area (TPSA) is 144 Å². The third-order valence-corrected chi connectivity index (χ3v) is 6.20. The van der Waals surface area contributed by atoms with Crippen LogP contribution < -0.4 is 21.1 Å². The molecule has 0 aliphatic carbocycles. The number of nitrogen functional groups attached to an aromatic ring is 1. The summed E-state index contributed by atoms with van der Waals surface area (Å²) in [5.74, 6) is 0.987. The number of hydrogen-bond acceptors (Lipinski definition) is 9. The van der Waals surface area contributed by atoms with Crippen molar-refractivity contribution in [2.45, 2.75) is 20.0 Å². The van der Waals surface area contributed by atoms with Crippen molar-refractivity contribution in [3.05, 3.63) is 35.7 Å². The highest BCUT2D eigenvalue weighted by atomic mass is 16.6. The highest BCUT2D eigenvalue weighted by molar-refractivity contribution is 6.02. The molecule has 4 N–H and O–H groups in total. The molecule has 0 unspecified atom stereocenters. The summed E-state index contributed by atoms with van der Waals surface area (Å²) in [7, 11) is 0. The van der Waals surface area contributed by atoms with E-state index in [0.29, 0.717) is 60.3 Å². The van der Waals surface area contributed by atoms with E-state index in [1.165, 1.54) is 0 Å².